The number of hydrogen-bond donors (Lipinski definition) is 1. The Morgan fingerprint density at radius 3 is 1.88 bits per heavy atom. The standard InChI is InChI=1S/C15H28O/c1-13(2)9-14(3,4)11-15(16,10-13)8-7-12-5-6-12/h12,16H,5-11H2,1-4H3. The Balaban J connectivity index is 2.00. The van der Waals surface area contributed by atoms with E-state index in [1.165, 1.54) is 25.7 Å². The predicted molar refractivity (Wildman–Crippen MR) is 68.3 cm³/mol. The van der Waals surface area contributed by atoms with Gasteiger partial charge in [-0.3, -0.25) is 0 Å². The van der Waals surface area contributed by atoms with Crippen molar-refractivity contribution in [3.8, 4) is 0 Å². The van der Waals surface area contributed by atoms with Crippen LogP contribution in [0.15, 0.2) is 0 Å². The zero-order valence-electron chi connectivity index (χ0n) is 11.5. The molecule has 0 radical (unpaired) electrons. The van der Waals surface area contributed by atoms with Crippen LogP contribution >= 0.6 is 0 Å². The van der Waals surface area contributed by atoms with Gasteiger partial charge in [0.05, 0.1) is 5.60 Å². The van der Waals surface area contributed by atoms with Gasteiger partial charge < -0.3 is 5.11 Å². The van der Waals surface area contributed by atoms with E-state index in [4.69, 9.17) is 0 Å². The summed E-state index contributed by atoms with van der Waals surface area (Å²) in [5.41, 5.74) is 0.230. The molecule has 0 saturated heterocycles. The summed E-state index contributed by atoms with van der Waals surface area (Å²) in [7, 11) is 0. The van der Waals surface area contributed by atoms with Crippen molar-refractivity contribution in [2.24, 2.45) is 16.7 Å². The maximum Gasteiger partial charge on any atom is 0.0658 e. The maximum atomic E-state index is 10.8. The Kier molecular flexibility index (Phi) is 2.89. The molecule has 0 aliphatic heterocycles. The van der Waals surface area contributed by atoms with Crippen LogP contribution in [0.5, 0.6) is 0 Å². The van der Waals surface area contributed by atoms with Gasteiger partial charge >= 0.3 is 0 Å². The molecule has 1 N–H and O–H groups in total. The molecule has 0 bridgehead atoms. The van der Waals surface area contributed by atoms with E-state index < -0.39 is 0 Å². The third kappa shape index (κ3) is 3.23. The van der Waals surface area contributed by atoms with Crippen LogP contribution in [0.2, 0.25) is 0 Å². The SMILES string of the molecule is CC1(C)CC(C)(C)CC(O)(CCC2CC2)C1. The first-order valence-electron chi connectivity index (χ1n) is 6.92. The van der Waals surface area contributed by atoms with E-state index in [-0.39, 0.29) is 5.60 Å². The van der Waals surface area contributed by atoms with Gasteiger partial charge in [-0.25, -0.2) is 0 Å². The highest BCUT2D eigenvalue weighted by Crippen LogP contribution is 2.52. The summed E-state index contributed by atoms with van der Waals surface area (Å²) in [5, 5.41) is 10.8. The van der Waals surface area contributed by atoms with Crippen molar-refractivity contribution in [3.05, 3.63) is 0 Å². The first-order valence-corrected chi connectivity index (χ1v) is 6.92. The molecule has 0 aromatic rings. The van der Waals surface area contributed by atoms with Gasteiger partial charge in [-0.15, -0.1) is 0 Å². The van der Waals surface area contributed by atoms with Crippen LogP contribution in [0, 0.1) is 16.7 Å². The Hall–Kier alpha value is -0.0400. The Labute approximate surface area is 101 Å². The summed E-state index contributed by atoms with van der Waals surface area (Å²) in [6.07, 6.45) is 8.33. The molecule has 0 heterocycles. The van der Waals surface area contributed by atoms with Crippen molar-refractivity contribution in [3.63, 3.8) is 0 Å². The lowest BCUT2D eigenvalue weighted by Crippen LogP contribution is -2.46. The molecule has 1 nitrogen and oxygen atoms in total. The molecule has 0 unspecified atom stereocenters. The quantitative estimate of drug-likeness (QED) is 0.763. The first-order chi connectivity index (χ1) is 7.20. The molecule has 1 heteroatoms. The second-order valence-corrected chi connectivity index (χ2v) is 8.07. The minimum Gasteiger partial charge on any atom is -0.390 e. The normalized spacial score (nSPS) is 31.3. The van der Waals surface area contributed by atoms with Crippen molar-refractivity contribution < 1.29 is 5.11 Å². The predicted octanol–water partition coefficient (Wildman–Crippen LogP) is 4.14. The Bertz CT molecular complexity index is 245. The monoisotopic (exact) mass is 224 g/mol. The van der Waals surface area contributed by atoms with Crippen LogP contribution in [0.1, 0.15) is 72.6 Å². The highest BCUT2D eigenvalue weighted by atomic mass is 16.3. The second-order valence-electron chi connectivity index (χ2n) is 8.07. The average molecular weight is 224 g/mol. The highest BCUT2D eigenvalue weighted by Gasteiger charge is 2.46. The van der Waals surface area contributed by atoms with E-state index >= 15 is 0 Å². The van der Waals surface area contributed by atoms with Gasteiger partial charge in [0, 0.05) is 0 Å². The molecule has 16 heavy (non-hydrogen) atoms. The number of aliphatic hydroxyl groups is 1. The first kappa shape index (κ1) is 12.4. The van der Waals surface area contributed by atoms with E-state index in [9.17, 15) is 5.11 Å². The molecule has 2 aliphatic carbocycles. The summed E-state index contributed by atoms with van der Waals surface area (Å²) in [6.45, 7) is 9.26. The van der Waals surface area contributed by atoms with E-state index in [2.05, 4.69) is 27.7 Å². The molecule has 2 aliphatic rings. The van der Waals surface area contributed by atoms with Gasteiger partial charge in [-0.2, -0.15) is 0 Å². The topological polar surface area (TPSA) is 20.2 Å². The summed E-state index contributed by atoms with van der Waals surface area (Å²) < 4.78 is 0. The Morgan fingerprint density at radius 1 is 0.938 bits per heavy atom. The smallest absolute Gasteiger partial charge is 0.0658 e. The molecule has 0 aromatic heterocycles. The largest absolute Gasteiger partial charge is 0.390 e. The second kappa shape index (κ2) is 3.73. The van der Waals surface area contributed by atoms with Gasteiger partial charge in [-0.1, -0.05) is 40.5 Å². The summed E-state index contributed by atoms with van der Waals surface area (Å²) in [5.74, 6) is 0.942. The van der Waals surface area contributed by atoms with Gasteiger partial charge in [-0.05, 0) is 48.9 Å². The van der Waals surface area contributed by atoms with Crippen LogP contribution in [0.3, 0.4) is 0 Å². The fraction of sp³-hybridized carbons (Fsp3) is 1.00. The van der Waals surface area contributed by atoms with Crippen molar-refractivity contribution >= 4 is 0 Å². The molecular weight excluding hydrogens is 196 g/mol. The highest BCUT2D eigenvalue weighted by molar-refractivity contribution is 4.98. The number of rotatable bonds is 3. The van der Waals surface area contributed by atoms with Crippen LogP contribution in [-0.2, 0) is 0 Å². The lowest BCUT2D eigenvalue weighted by Gasteiger charge is -2.49. The molecular formula is C15H28O. The minimum atomic E-state index is -0.381. The molecule has 2 rings (SSSR count). The minimum absolute atomic E-state index is 0.306. The third-order valence-corrected chi connectivity index (χ3v) is 4.29. The number of hydrogen-bond acceptors (Lipinski definition) is 1. The fourth-order valence-electron chi connectivity index (χ4n) is 4.32. The van der Waals surface area contributed by atoms with E-state index in [1.807, 2.05) is 0 Å². The van der Waals surface area contributed by atoms with E-state index in [1.54, 1.807) is 0 Å². The van der Waals surface area contributed by atoms with Crippen molar-refractivity contribution in [1.82, 2.24) is 0 Å². The van der Waals surface area contributed by atoms with E-state index in [0.29, 0.717) is 10.8 Å². The maximum absolute atomic E-state index is 10.8. The Morgan fingerprint density at radius 2 is 1.44 bits per heavy atom. The van der Waals surface area contributed by atoms with Crippen LogP contribution < -0.4 is 0 Å². The van der Waals surface area contributed by atoms with Gasteiger partial charge in [0.15, 0.2) is 0 Å². The van der Waals surface area contributed by atoms with Gasteiger partial charge in [0.2, 0.25) is 0 Å². The fourth-order valence-corrected chi connectivity index (χ4v) is 4.32. The summed E-state index contributed by atoms with van der Waals surface area (Å²) in [4.78, 5) is 0. The third-order valence-electron chi connectivity index (χ3n) is 4.29. The van der Waals surface area contributed by atoms with Crippen molar-refractivity contribution in [2.45, 2.75) is 78.2 Å². The molecule has 2 saturated carbocycles. The lowest BCUT2D eigenvalue weighted by atomic mass is 9.59. The van der Waals surface area contributed by atoms with Crippen LogP contribution in [-0.4, -0.2) is 10.7 Å². The van der Waals surface area contributed by atoms with Crippen LogP contribution in [0.4, 0.5) is 0 Å². The lowest BCUT2D eigenvalue weighted by molar-refractivity contribution is -0.0920. The van der Waals surface area contributed by atoms with Crippen molar-refractivity contribution in [2.75, 3.05) is 0 Å². The molecule has 0 amide bonds. The molecule has 0 aromatic carbocycles. The molecule has 2 fully saturated rings. The van der Waals surface area contributed by atoms with Gasteiger partial charge in [0.25, 0.3) is 0 Å². The van der Waals surface area contributed by atoms with Gasteiger partial charge in [0.1, 0.15) is 0 Å². The summed E-state index contributed by atoms with van der Waals surface area (Å²) >= 11 is 0. The zero-order chi connectivity index (χ0) is 12.0. The zero-order valence-corrected chi connectivity index (χ0v) is 11.5. The van der Waals surface area contributed by atoms with Crippen LogP contribution in [0.25, 0.3) is 0 Å². The molecule has 94 valence electrons. The molecule has 0 atom stereocenters. The molecule has 0 spiro atoms. The van der Waals surface area contributed by atoms with E-state index in [0.717, 1.165) is 25.2 Å². The van der Waals surface area contributed by atoms with Crippen molar-refractivity contribution in [1.29, 1.82) is 0 Å². The average Bonchev–Trinajstić information content (AvgIpc) is 2.75. The summed E-state index contributed by atoms with van der Waals surface area (Å²) in [6, 6.07) is 0.